The van der Waals surface area contributed by atoms with E-state index >= 15 is 0 Å². The zero-order chi connectivity index (χ0) is 16.2. The minimum atomic E-state index is 0.132. The van der Waals surface area contributed by atoms with Crippen molar-refractivity contribution in [3.63, 3.8) is 0 Å². The summed E-state index contributed by atoms with van der Waals surface area (Å²) in [7, 11) is 2.16. The van der Waals surface area contributed by atoms with Crippen LogP contribution < -0.4 is 0 Å². The van der Waals surface area contributed by atoms with E-state index in [0.29, 0.717) is 0 Å². The fraction of sp³-hybridized carbons (Fsp3) is 0.350. The Hall–Kier alpha value is -1.97. The third-order valence-electron chi connectivity index (χ3n) is 4.64. The van der Waals surface area contributed by atoms with Crippen LogP contribution in [0.4, 0.5) is 0 Å². The third-order valence-corrected chi connectivity index (χ3v) is 4.64. The van der Waals surface area contributed by atoms with E-state index in [1.54, 1.807) is 0 Å². The molecule has 0 spiro atoms. The zero-order valence-electron chi connectivity index (χ0n) is 14.0. The van der Waals surface area contributed by atoms with E-state index < -0.39 is 0 Å². The normalized spacial score (nSPS) is 16.4. The molecule has 0 N–H and O–H groups in total. The number of nitrogens with zero attached hydrogens (tertiary/aromatic N) is 2. The predicted octanol–water partition coefficient (Wildman–Crippen LogP) is 2.97. The molecule has 0 atom stereocenters. The molecule has 0 amide bonds. The highest BCUT2D eigenvalue weighted by molar-refractivity contribution is 6.10. The minimum absolute atomic E-state index is 0.132. The van der Waals surface area contributed by atoms with Crippen LogP contribution in [0, 0.1) is 6.92 Å². The smallest absolute Gasteiger partial charge is 0.193 e. The predicted molar refractivity (Wildman–Crippen MR) is 93.8 cm³/mol. The highest BCUT2D eigenvalue weighted by Gasteiger charge is 2.19. The number of ketones is 1. The Balaban J connectivity index is 1.83. The summed E-state index contributed by atoms with van der Waals surface area (Å²) in [5, 5.41) is 0. The lowest BCUT2D eigenvalue weighted by molar-refractivity contribution is 0.103. The topological polar surface area (TPSA) is 23.6 Å². The second kappa shape index (κ2) is 7.07. The summed E-state index contributed by atoms with van der Waals surface area (Å²) < 4.78 is 0. The molecule has 0 bridgehead atoms. The molecule has 0 saturated carbocycles. The lowest BCUT2D eigenvalue weighted by atomic mass is 9.95. The van der Waals surface area contributed by atoms with Crippen molar-refractivity contribution in [3.05, 3.63) is 70.8 Å². The molecule has 1 aliphatic rings. The Bertz CT molecular complexity index is 688. The molecule has 1 saturated heterocycles. The van der Waals surface area contributed by atoms with Crippen LogP contribution in [-0.4, -0.2) is 48.8 Å². The van der Waals surface area contributed by atoms with Gasteiger partial charge in [0.05, 0.1) is 0 Å². The molecular formula is C20H24N2O. The number of rotatable bonds is 4. The van der Waals surface area contributed by atoms with Crippen LogP contribution >= 0.6 is 0 Å². The van der Waals surface area contributed by atoms with Gasteiger partial charge in [0.2, 0.25) is 0 Å². The maximum Gasteiger partial charge on any atom is 0.193 e. The molecule has 0 unspecified atom stereocenters. The van der Waals surface area contributed by atoms with E-state index in [-0.39, 0.29) is 5.78 Å². The molecule has 0 aliphatic carbocycles. The lowest BCUT2D eigenvalue weighted by Crippen LogP contribution is -2.44. The van der Waals surface area contributed by atoms with Crippen LogP contribution in [0.5, 0.6) is 0 Å². The Morgan fingerprint density at radius 1 is 0.913 bits per heavy atom. The molecule has 3 rings (SSSR count). The maximum atomic E-state index is 13.0. The Morgan fingerprint density at radius 2 is 1.52 bits per heavy atom. The number of piperazine rings is 1. The van der Waals surface area contributed by atoms with Crippen molar-refractivity contribution in [2.24, 2.45) is 0 Å². The van der Waals surface area contributed by atoms with E-state index in [2.05, 4.69) is 22.9 Å². The average Bonchev–Trinajstić information content (AvgIpc) is 2.57. The fourth-order valence-corrected chi connectivity index (χ4v) is 3.10. The van der Waals surface area contributed by atoms with Crippen LogP contribution in [-0.2, 0) is 6.54 Å². The standard InChI is InChI=1S/C20H24N2O/c1-16-7-3-5-9-18(16)20(23)19-10-6-4-8-17(19)15-22-13-11-21(2)12-14-22/h3-10H,11-15H2,1-2H3. The number of benzene rings is 2. The van der Waals surface area contributed by atoms with Crippen molar-refractivity contribution in [1.29, 1.82) is 0 Å². The number of hydrogen-bond donors (Lipinski definition) is 0. The van der Waals surface area contributed by atoms with Gasteiger partial charge in [0, 0.05) is 43.9 Å². The lowest BCUT2D eigenvalue weighted by Gasteiger charge is -2.32. The van der Waals surface area contributed by atoms with Gasteiger partial charge in [0.25, 0.3) is 0 Å². The van der Waals surface area contributed by atoms with Crippen molar-refractivity contribution in [2.45, 2.75) is 13.5 Å². The van der Waals surface area contributed by atoms with E-state index in [9.17, 15) is 4.79 Å². The highest BCUT2D eigenvalue weighted by Crippen LogP contribution is 2.19. The quantitative estimate of drug-likeness (QED) is 0.811. The summed E-state index contributed by atoms with van der Waals surface area (Å²) in [5.74, 6) is 0.132. The van der Waals surface area contributed by atoms with Crippen molar-refractivity contribution in [3.8, 4) is 0 Å². The number of likely N-dealkylation sites (N-methyl/N-ethyl adjacent to an activating group) is 1. The van der Waals surface area contributed by atoms with Crippen LogP contribution in [0.2, 0.25) is 0 Å². The first-order chi connectivity index (χ1) is 11.1. The number of carbonyl (C=O) groups is 1. The third kappa shape index (κ3) is 3.69. The van der Waals surface area contributed by atoms with Crippen LogP contribution in [0.1, 0.15) is 27.0 Å². The monoisotopic (exact) mass is 308 g/mol. The van der Waals surface area contributed by atoms with Crippen molar-refractivity contribution >= 4 is 5.78 Å². The Kier molecular flexibility index (Phi) is 4.89. The van der Waals surface area contributed by atoms with Gasteiger partial charge in [-0.3, -0.25) is 9.69 Å². The molecular weight excluding hydrogens is 284 g/mol. The SMILES string of the molecule is Cc1ccccc1C(=O)c1ccccc1CN1CCN(C)CC1. The summed E-state index contributed by atoms with van der Waals surface area (Å²) in [6, 6.07) is 15.9. The molecule has 1 heterocycles. The molecule has 3 heteroatoms. The highest BCUT2D eigenvalue weighted by atomic mass is 16.1. The number of aryl methyl sites for hydroxylation is 1. The molecule has 0 radical (unpaired) electrons. The second-order valence-electron chi connectivity index (χ2n) is 6.38. The van der Waals surface area contributed by atoms with Gasteiger partial charge in [0.15, 0.2) is 5.78 Å². The zero-order valence-corrected chi connectivity index (χ0v) is 14.0. The molecule has 1 aliphatic heterocycles. The molecule has 2 aromatic carbocycles. The van der Waals surface area contributed by atoms with Gasteiger partial charge < -0.3 is 4.90 Å². The largest absolute Gasteiger partial charge is 0.304 e. The molecule has 3 nitrogen and oxygen atoms in total. The van der Waals surface area contributed by atoms with Gasteiger partial charge >= 0.3 is 0 Å². The van der Waals surface area contributed by atoms with Crippen molar-refractivity contribution < 1.29 is 4.79 Å². The van der Waals surface area contributed by atoms with Gasteiger partial charge in [-0.05, 0) is 25.1 Å². The fourth-order valence-electron chi connectivity index (χ4n) is 3.10. The van der Waals surface area contributed by atoms with Crippen LogP contribution in [0.3, 0.4) is 0 Å². The molecule has 1 fully saturated rings. The first-order valence-electron chi connectivity index (χ1n) is 8.24. The van der Waals surface area contributed by atoms with Crippen LogP contribution in [0.15, 0.2) is 48.5 Å². The van der Waals surface area contributed by atoms with Gasteiger partial charge in [-0.25, -0.2) is 0 Å². The van der Waals surface area contributed by atoms with Crippen molar-refractivity contribution in [2.75, 3.05) is 33.2 Å². The summed E-state index contributed by atoms with van der Waals surface area (Å²) in [6.07, 6.45) is 0. The Labute approximate surface area is 138 Å². The summed E-state index contributed by atoms with van der Waals surface area (Å²) >= 11 is 0. The number of hydrogen-bond acceptors (Lipinski definition) is 3. The minimum Gasteiger partial charge on any atom is -0.304 e. The van der Waals surface area contributed by atoms with E-state index in [1.165, 1.54) is 0 Å². The number of carbonyl (C=O) groups excluding carboxylic acids is 1. The van der Waals surface area contributed by atoms with Crippen molar-refractivity contribution in [1.82, 2.24) is 9.80 Å². The molecule has 23 heavy (non-hydrogen) atoms. The molecule has 120 valence electrons. The van der Waals surface area contributed by atoms with E-state index in [4.69, 9.17) is 0 Å². The first kappa shape index (κ1) is 15.9. The summed E-state index contributed by atoms with van der Waals surface area (Å²) in [6.45, 7) is 7.15. The summed E-state index contributed by atoms with van der Waals surface area (Å²) in [4.78, 5) is 17.7. The maximum absolute atomic E-state index is 13.0. The van der Waals surface area contributed by atoms with E-state index in [0.717, 1.165) is 55.0 Å². The average molecular weight is 308 g/mol. The molecule has 0 aromatic heterocycles. The molecule has 2 aromatic rings. The summed E-state index contributed by atoms with van der Waals surface area (Å²) in [5.41, 5.74) is 3.80. The van der Waals surface area contributed by atoms with Crippen LogP contribution in [0.25, 0.3) is 0 Å². The van der Waals surface area contributed by atoms with Gasteiger partial charge in [0.1, 0.15) is 0 Å². The Morgan fingerprint density at radius 3 is 2.22 bits per heavy atom. The first-order valence-corrected chi connectivity index (χ1v) is 8.24. The van der Waals surface area contributed by atoms with Gasteiger partial charge in [-0.15, -0.1) is 0 Å². The van der Waals surface area contributed by atoms with Gasteiger partial charge in [-0.1, -0.05) is 48.5 Å². The van der Waals surface area contributed by atoms with Gasteiger partial charge in [-0.2, -0.15) is 0 Å². The van der Waals surface area contributed by atoms with E-state index in [1.807, 2.05) is 49.4 Å². The second-order valence-corrected chi connectivity index (χ2v) is 6.38.